The largest absolute Gasteiger partial charge is 0.480 e. The molecule has 0 aliphatic heterocycles. The molecule has 1 atom stereocenters. The summed E-state index contributed by atoms with van der Waals surface area (Å²) in [5.74, 6) is -1.56. The molecule has 0 saturated heterocycles. The van der Waals surface area contributed by atoms with Gasteiger partial charge in [0.2, 0.25) is 0 Å². The SMILES string of the molecule is Cc1nscc1C(=O)NC(C(=O)O)C(C)C. The fourth-order valence-corrected chi connectivity index (χ4v) is 1.94. The zero-order valence-corrected chi connectivity index (χ0v) is 10.2. The summed E-state index contributed by atoms with van der Waals surface area (Å²) in [7, 11) is 0. The van der Waals surface area contributed by atoms with Crippen molar-refractivity contribution in [2.24, 2.45) is 5.92 Å². The van der Waals surface area contributed by atoms with E-state index in [4.69, 9.17) is 5.11 Å². The third-order valence-corrected chi connectivity index (χ3v) is 2.93. The Bertz CT molecular complexity index is 401. The van der Waals surface area contributed by atoms with Crippen LogP contribution in [0.3, 0.4) is 0 Å². The highest BCUT2D eigenvalue weighted by atomic mass is 32.1. The lowest BCUT2D eigenvalue weighted by atomic mass is 10.0. The van der Waals surface area contributed by atoms with Crippen LogP contribution in [-0.4, -0.2) is 27.4 Å². The lowest BCUT2D eigenvalue weighted by molar-refractivity contribution is -0.140. The maximum atomic E-state index is 11.7. The summed E-state index contributed by atoms with van der Waals surface area (Å²) in [6, 6.07) is -0.869. The predicted molar refractivity (Wildman–Crippen MR) is 60.6 cm³/mol. The number of aromatic nitrogens is 1. The monoisotopic (exact) mass is 242 g/mol. The molecule has 0 bridgehead atoms. The lowest BCUT2D eigenvalue weighted by Crippen LogP contribution is -2.44. The summed E-state index contributed by atoms with van der Waals surface area (Å²) >= 11 is 1.18. The highest BCUT2D eigenvalue weighted by molar-refractivity contribution is 7.03. The topological polar surface area (TPSA) is 79.3 Å². The average molecular weight is 242 g/mol. The molecule has 2 N–H and O–H groups in total. The number of carboxylic acids is 1. The van der Waals surface area contributed by atoms with E-state index in [1.807, 2.05) is 0 Å². The van der Waals surface area contributed by atoms with Crippen molar-refractivity contribution in [2.45, 2.75) is 26.8 Å². The zero-order valence-electron chi connectivity index (χ0n) is 9.35. The third-order valence-electron chi connectivity index (χ3n) is 2.21. The van der Waals surface area contributed by atoms with Gasteiger partial charge in [0.05, 0.1) is 11.3 Å². The van der Waals surface area contributed by atoms with Gasteiger partial charge in [0, 0.05) is 5.38 Å². The van der Waals surface area contributed by atoms with E-state index in [-0.39, 0.29) is 11.8 Å². The molecule has 0 aliphatic carbocycles. The van der Waals surface area contributed by atoms with Gasteiger partial charge in [-0.3, -0.25) is 4.79 Å². The fourth-order valence-electron chi connectivity index (χ4n) is 1.24. The van der Waals surface area contributed by atoms with Gasteiger partial charge in [-0.05, 0) is 24.4 Å². The van der Waals surface area contributed by atoms with Crippen LogP contribution >= 0.6 is 11.5 Å². The number of aryl methyl sites for hydroxylation is 1. The number of carboxylic acid groups (broad SMARTS) is 1. The van der Waals surface area contributed by atoms with Gasteiger partial charge < -0.3 is 10.4 Å². The van der Waals surface area contributed by atoms with Gasteiger partial charge in [-0.1, -0.05) is 13.8 Å². The van der Waals surface area contributed by atoms with Gasteiger partial charge in [0.15, 0.2) is 0 Å². The van der Waals surface area contributed by atoms with Gasteiger partial charge in [0.1, 0.15) is 6.04 Å². The van der Waals surface area contributed by atoms with E-state index in [0.29, 0.717) is 11.3 Å². The molecule has 0 aliphatic rings. The van der Waals surface area contributed by atoms with Crippen LogP contribution in [0.4, 0.5) is 0 Å². The van der Waals surface area contributed by atoms with Crippen molar-refractivity contribution in [1.82, 2.24) is 9.69 Å². The minimum Gasteiger partial charge on any atom is -0.480 e. The van der Waals surface area contributed by atoms with Crippen LogP contribution in [-0.2, 0) is 4.79 Å². The molecular formula is C10H14N2O3S. The molecule has 6 heteroatoms. The molecule has 5 nitrogen and oxygen atoms in total. The number of rotatable bonds is 4. The molecule has 0 aromatic carbocycles. The molecule has 16 heavy (non-hydrogen) atoms. The summed E-state index contributed by atoms with van der Waals surface area (Å²) < 4.78 is 3.97. The number of aliphatic carboxylic acids is 1. The number of amides is 1. The number of nitrogens with one attached hydrogen (secondary N) is 1. The van der Waals surface area contributed by atoms with Crippen LogP contribution in [0, 0.1) is 12.8 Å². The van der Waals surface area contributed by atoms with Gasteiger partial charge in [-0.15, -0.1) is 0 Å². The molecular weight excluding hydrogens is 228 g/mol. The molecule has 0 saturated carbocycles. The van der Waals surface area contributed by atoms with Gasteiger partial charge in [0.25, 0.3) is 5.91 Å². The minimum atomic E-state index is -1.02. The van der Waals surface area contributed by atoms with E-state index < -0.39 is 12.0 Å². The number of carbonyl (C=O) groups is 2. The molecule has 1 aromatic rings. The first-order valence-electron chi connectivity index (χ1n) is 4.88. The maximum Gasteiger partial charge on any atom is 0.326 e. The second-order valence-electron chi connectivity index (χ2n) is 3.85. The molecule has 1 unspecified atom stereocenters. The lowest BCUT2D eigenvalue weighted by Gasteiger charge is -2.17. The molecule has 0 radical (unpaired) electrons. The van der Waals surface area contributed by atoms with E-state index in [9.17, 15) is 9.59 Å². The van der Waals surface area contributed by atoms with Gasteiger partial charge >= 0.3 is 5.97 Å². The first-order chi connectivity index (χ1) is 7.43. The fraction of sp³-hybridized carbons (Fsp3) is 0.500. The normalized spacial score (nSPS) is 12.5. The van der Waals surface area contributed by atoms with E-state index >= 15 is 0 Å². The van der Waals surface area contributed by atoms with E-state index in [1.54, 1.807) is 26.2 Å². The van der Waals surface area contributed by atoms with Crippen molar-refractivity contribution < 1.29 is 14.7 Å². The molecule has 88 valence electrons. The summed E-state index contributed by atoms with van der Waals surface area (Å²) in [5.41, 5.74) is 1.06. The second-order valence-corrected chi connectivity index (χ2v) is 4.48. The summed E-state index contributed by atoms with van der Waals surface area (Å²) in [6.45, 7) is 5.21. The van der Waals surface area contributed by atoms with E-state index in [1.165, 1.54) is 11.5 Å². The van der Waals surface area contributed by atoms with Crippen LogP contribution in [0.1, 0.15) is 29.9 Å². The van der Waals surface area contributed by atoms with Crippen molar-refractivity contribution >= 4 is 23.4 Å². The van der Waals surface area contributed by atoms with E-state index in [2.05, 4.69) is 9.69 Å². The van der Waals surface area contributed by atoms with Crippen LogP contribution < -0.4 is 5.32 Å². The van der Waals surface area contributed by atoms with Gasteiger partial charge in [-0.25, -0.2) is 4.79 Å². The van der Waals surface area contributed by atoms with Crippen molar-refractivity contribution in [1.29, 1.82) is 0 Å². The first-order valence-corrected chi connectivity index (χ1v) is 5.71. The standard InChI is InChI=1S/C10H14N2O3S/c1-5(2)8(10(14)15)11-9(13)7-4-16-12-6(7)3/h4-5,8H,1-3H3,(H,11,13)(H,14,15). The average Bonchev–Trinajstić information content (AvgIpc) is 2.59. The predicted octanol–water partition coefficient (Wildman–Crippen LogP) is 1.29. The number of carbonyl (C=O) groups excluding carboxylic acids is 1. The van der Waals surface area contributed by atoms with E-state index in [0.717, 1.165) is 0 Å². The van der Waals surface area contributed by atoms with Crippen LogP contribution in [0.25, 0.3) is 0 Å². The second kappa shape index (κ2) is 5.07. The number of hydrogen-bond acceptors (Lipinski definition) is 4. The molecule has 1 amide bonds. The highest BCUT2D eigenvalue weighted by Crippen LogP contribution is 2.10. The Morgan fingerprint density at radius 3 is 2.50 bits per heavy atom. The molecule has 1 rings (SSSR count). The Morgan fingerprint density at radius 1 is 1.50 bits per heavy atom. The van der Waals surface area contributed by atoms with Crippen molar-refractivity contribution in [2.75, 3.05) is 0 Å². The minimum absolute atomic E-state index is 0.159. The Labute approximate surface area is 97.7 Å². The number of nitrogens with zero attached hydrogens (tertiary/aromatic N) is 1. The van der Waals surface area contributed by atoms with Crippen molar-refractivity contribution in [3.05, 3.63) is 16.6 Å². The summed E-state index contributed by atoms with van der Waals surface area (Å²) in [4.78, 5) is 22.6. The highest BCUT2D eigenvalue weighted by Gasteiger charge is 2.24. The van der Waals surface area contributed by atoms with Crippen LogP contribution in [0.15, 0.2) is 5.38 Å². The third kappa shape index (κ3) is 2.79. The molecule has 0 fully saturated rings. The van der Waals surface area contributed by atoms with Crippen LogP contribution in [0.2, 0.25) is 0 Å². The Balaban J connectivity index is 2.77. The van der Waals surface area contributed by atoms with Crippen molar-refractivity contribution in [3.8, 4) is 0 Å². The maximum absolute atomic E-state index is 11.7. The molecule has 1 aromatic heterocycles. The first kappa shape index (κ1) is 12.6. The zero-order chi connectivity index (χ0) is 12.3. The summed E-state index contributed by atoms with van der Waals surface area (Å²) in [5, 5.41) is 13.0. The molecule has 0 spiro atoms. The number of hydrogen-bond donors (Lipinski definition) is 2. The van der Waals surface area contributed by atoms with Crippen LogP contribution in [0.5, 0.6) is 0 Å². The quantitative estimate of drug-likeness (QED) is 0.833. The van der Waals surface area contributed by atoms with Gasteiger partial charge in [-0.2, -0.15) is 4.37 Å². The summed E-state index contributed by atoms with van der Waals surface area (Å²) in [6.07, 6.45) is 0. The Hall–Kier alpha value is -1.43. The Morgan fingerprint density at radius 2 is 2.12 bits per heavy atom. The molecule has 1 heterocycles. The Kier molecular flexibility index (Phi) is 4.00. The smallest absolute Gasteiger partial charge is 0.326 e. The van der Waals surface area contributed by atoms with Crippen molar-refractivity contribution in [3.63, 3.8) is 0 Å².